The minimum atomic E-state index is -1.13. The van der Waals surface area contributed by atoms with E-state index in [9.17, 15) is 20.1 Å². The van der Waals surface area contributed by atoms with E-state index in [4.69, 9.17) is 0 Å². The Morgan fingerprint density at radius 3 is 1.05 bits per heavy atom. The Bertz CT molecular complexity index is 773. The second-order valence-corrected chi connectivity index (χ2v) is 17.4. The van der Waals surface area contributed by atoms with Crippen LogP contribution < -0.4 is 5.32 Å². The molecule has 1 amide bonds. The number of nitrogens with one attached hydrogen (secondary N) is 1. The van der Waals surface area contributed by atoms with Gasteiger partial charge < -0.3 is 20.6 Å². The molecule has 5 nitrogen and oxygen atoms in total. The molecular weight excluding hydrogens is 679 g/mol. The molecule has 0 spiro atoms. The zero-order chi connectivity index (χ0) is 40.1. The van der Waals surface area contributed by atoms with E-state index >= 15 is 0 Å². The lowest BCUT2D eigenvalue weighted by atomic mass is 9.99. The first-order valence-electron chi connectivity index (χ1n) is 25.0. The highest BCUT2D eigenvalue weighted by Gasteiger charge is 2.26. The average Bonchev–Trinajstić information content (AvgIpc) is 3.19. The lowest BCUT2D eigenvalue weighted by molar-refractivity contribution is -0.124. The maximum atomic E-state index is 12.5. The SMILES string of the molecule is CCCCCCCCCCCCCC/C=C\CCCCCCCCCCCCC(=O)NC(CO)C(O)C(O)CCCCCCCCCCCCCCCCC. The van der Waals surface area contributed by atoms with Gasteiger partial charge in [0, 0.05) is 6.42 Å². The molecule has 0 saturated heterocycles. The first-order valence-corrected chi connectivity index (χ1v) is 25.0. The Hall–Kier alpha value is -0.910. The van der Waals surface area contributed by atoms with Crippen molar-refractivity contribution in [2.45, 2.75) is 295 Å². The molecule has 5 heteroatoms. The molecule has 3 unspecified atom stereocenters. The molecule has 3 atom stereocenters. The largest absolute Gasteiger partial charge is 0.394 e. The van der Waals surface area contributed by atoms with Crippen LogP contribution in [0.5, 0.6) is 0 Å². The number of carbonyl (C=O) groups excluding carboxylic acids is 1. The van der Waals surface area contributed by atoms with Gasteiger partial charge in [-0.1, -0.05) is 244 Å². The van der Waals surface area contributed by atoms with Crippen LogP contribution in [0.4, 0.5) is 0 Å². The quantitative estimate of drug-likeness (QED) is 0.0366. The smallest absolute Gasteiger partial charge is 0.220 e. The lowest BCUT2D eigenvalue weighted by Gasteiger charge is -2.26. The molecule has 0 aromatic carbocycles. The minimum absolute atomic E-state index is 0.142. The normalized spacial score (nSPS) is 13.5. The second-order valence-electron chi connectivity index (χ2n) is 17.4. The fourth-order valence-corrected chi connectivity index (χ4v) is 7.98. The number of hydrogen-bond acceptors (Lipinski definition) is 4. The highest BCUT2D eigenvalue weighted by molar-refractivity contribution is 5.76. The summed E-state index contributed by atoms with van der Waals surface area (Å²) in [5.74, 6) is -0.142. The highest BCUT2D eigenvalue weighted by Crippen LogP contribution is 2.17. The van der Waals surface area contributed by atoms with Gasteiger partial charge in [-0.2, -0.15) is 0 Å². The lowest BCUT2D eigenvalue weighted by Crippen LogP contribution is -2.50. The van der Waals surface area contributed by atoms with E-state index in [0.29, 0.717) is 12.8 Å². The van der Waals surface area contributed by atoms with Crippen LogP contribution in [0.2, 0.25) is 0 Å². The van der Waals surface area contributed by atoms with E-state index in [2.05, 4.69) is 31.3 Å². The van der Waals surface area contributed by atoms with Gasteiger partial charge in [0.05, 0.1) is 18.8 Å². The fraction of sp³-hybridized carbons (Fsp3) is 0.940. The third-order valence-corrected chi connectivity index (χ3v) is 11.9. The van der Waals surface area contributed by atoms with Crippen molar-refractivity contribution >= 4 is 5.91 Å². The van der Waals surface area contributed by atoms with E-state index in [1.807, 2.05) is 0 Å². The van der Waals surface area contributed by atoms with Gasteiger partial charge in [0.15, 0.2) is 0 Å². The Morgan fingerprint density at radius 2 is 0.727 bits per heavy atom. The molecule has 4 N–H and O–H groups in total. The molecule has 0 rings (SSSR count). The second kappa shape index (κ2) is 45.8. The van der Waals surface area contributed by atoms with Gasteiger partial charge in [-0.25, -0.2) is 0 Å². The summed E-state index contributed by atoms with van der Waals surface area (Å²) < 4.78 is 0. The molecule has 0 aliphatic rings. The Balaban J connectivity index is 3.54. The number of hydrogen-bond donors (Lipinski definition) is 4. The van der Waals surface area contributed by atoms with Crippen molar-refractivity contribution in [2.75, 3.05) is 6.61 Å². The van der Waals surface area contributed by atoms with Crippen LogP contribution in [0, 0.1) is 0 Å². The molecule has 0 aromatic heterocycles. The summed E-state index contributed by atoms with van der Waals surface area (Å²) in [6, 6.07) is -0.807. The Kier molecular flexibility index (Phi) is 45.0. The summed E-state index contributed by atoms with van der Waals surface area (Å²) in [6.45, 7) is 4.20. The van der Waals surface area contributed by atoms with Crippen LogP contribution in [-0.2, 0) is 4.79 Å². The number of aliphatic hydroxyl groups is 3. The molecule has 0 heterocycles. The summed E-state index contributed by atoms with van der Waals surface area (Å²) in [7, 11) is 0. The van der Waals surface area contributed by atoms with Crippen molar-refractivity contribution in [1.29, 1.82) is 0 Å². The molecule has 0 radical (unpaired) electrons. The van der Waals surface area contributed by atoms with Crippen LogP contribution in [0.15, 0.2) is 12.2 Å². The summed E-state index contributed by atoms with van der Waals surface area (Å²) in [6.07, 6.45) is 54.8. The van der Waals surface area contributed by atoms with Gasteiger partial charge in [-0.3, -0.25) is 4.79 Å². The number of carbonyl (C=O) groups is 1. The Morgan fingerprint density at radius 1 is 0.436 bits per heavy atom. The van der Waals surface area contributed by atoms with Crippen LogP contribution in [0.1, 0.15) is 277 Å². The monoisotopic (exact) mass is 778 g/mol. The predicted octanol–water partition coefficient (Wildman–Crippen LogP) is 14.8. The average molecular weight is 778 g/mol. The van der Waals surface area contributed by atoms with Crippen molar-refractivity contribution in [3.8, 4) is 0 Å². The molecule has 0 fully saturated rings. The molecule has 328 valence electrons. The van der Waals surface area contributed by atoms with Gasteiger partial charge in [0.25, 0.3) is 0 Å². The number of unbranched alkanes of at least 4 members (excludes halogenated alkanes) is 36. The van der Waals surface area contributed by atoms with Crippen LogP contribution in [-0.4, -0.2) is 46.1 Å². The molecule has 0 bridgehead atoms. The number of rotatable bonds is 46. The zero-order valence-corrected chi connectivity index (χ0v) is 37.3. The summed E-state index contributed by atoms with van der Waals surface area (Å²) in [4.78, 5) is 12.5. The molecular formula is C50H99NO4. The zero-order valence-electron chi connectivity index (χ0n) is 37.3. The molecule has 0 aromatic rings. The van der Waals surface area contributed by atoms with Crippen LogP contribution >= 0.6 is 0 Å². The third kappa shape index (κ3) is 41.1. The van der Waals surface area contributed by atoms with E-state index in [-0.39, 0.29) is 12.5 Å². The fourth-order valence-electron chi connectivity index (χ4n) is 7.98. The molecule has 0 aliphatic carbocycles. The van der Waals surface area contributed by atoms with Crippen molar-refractivity contribution in [3.05, 3.63) is 12.2 Å². The van der Waals surface area contributed by atoms with Gasteiger partial charge in [0.2, 0.25) is 5.91 Å². The van der Waals surface area contributed by atoms with Crippen molar-refractivity contribution < 1.29 is 20.1 Å². The first-order chi connectivity index (χ1) is 27.1. The number of aliphatic hydroxyl groups excluding tert-OH is 3. The van der Waals surface area contributed by atoms with E-state index in [1.54, 1.807) is 0 Å². The van der Waals surface area contributed by atoms with Crippen molar-refractivity contribution in [3.63, 3.8) is 0 Å². The number of amides is 1. The maximum Gasteiger partial charge on any atom is 0.220 e. The molecule has 0 aliphatic heterocycles. The standard InChI is InChI=1S/C50H99NO4/c1-3-5-7-9-11-13-15-17-19-20-21-22-23-24-25-26-27-28-29-31-33-35-37-39-41-43-45-49(54)51-47(46-52)50(55)48(53)44-42-40-38-36-34-32-30-18-16-14-12-10-8-6-4-2/h24-25,47-48,50,52-53,55H,3-23,26-46H2,1-2H3,(H,51,54)/b25-24-. The summed E-state index contributed by atoms with van der Waals surface area (Å²) in [5, 5.41) is 33.6. The van der Waals surface area contributed by atoms with Gasteiger partial charge in [0.1, 0.15) is 6.10 Å². The summed E-state index contributed by atoms with van der Waals surface area (Å²) in [5.41, 5.74) is 0. The van der Waals surface area contributed by atoms with E-state index in [0.717, 1.165) is 38.5 Å². The minimum Gasteiger partial charge on any atom is -0.394 e. The number of allylic oxidation sites excluding steroid dienone is 2. The molecule has 55 heavy (non-hydrogen) atoms. The van der Waals surface area contributed by atoms with Crippen molar-refractivity contribution in [1.82, 2.24) is 5.32 Å². The van der Waals surface area contributed by atoms with E-state index < -0.39 is 18.2 Å². The van der Waals surface area contributed by atoms with Crippen LogP contribution in [0.25, 0.3) is 0 Å². The third-order valence-electron chi connectivity index (χ3n) is 11.9. The van der Waals surface area contributed by atoms with Gasteiger partial charge in [-0.05, 0) is 38.5 Å². The molecule has 0 saturated carbocycles. The van der Waals surface area contributed by atoms with Gasteiger partial charge >= 0.3 is 0 Å². The predicted molar refractivity (Wildman–Crippen MR) is 241 cm³/mol. The Labute approximate surface area is 344 Å². The first kappa shape index (κ1) is 54.1. The maximum absolute atomic E-state index is 12.5. The van der Waals surface area contributed by atoms with E-state index in [1.165, 1.54) is 212 Å². The van der Waals surface area contributed by atoms with Crippen LogP contribution in [0.3, 0.4) is 0 Å². The summed E-state index contributed by atoms with van der Waals surface area (Å²) >= 11 is 0. The van der Waals surface area contributed by atoms with Crippen molar-refractivity contribution in [2.24, 2.45) is 0 Å². The van der Waals surface area contributed by atoms with Gasteiger partial charge in [-0.15, -0.1) is 0 Å². The highest BCUT2D eigenvalue weighted by atomic mass is 16.3. The topological polar surface area (TPSA) is 89.8 Å².